The quantitative estimate of drug-likeness (QED) is 0.827. The second-order valence-electron chi connectivity index (χ2n) is 3.46. The first-order valence-electron chi connectivity index (χ1n) is 5.09. The molecule has 0 spiro atoms. The summed E-state index contributed by atoms with van der Waals surface area (Å²) in [5.74, 6) is 0.632. The fourth-order valence-corrected chi connectivity index (χ4v) is 1.35. The third kappa shape index (κ3) is 2.69. The number of nitrogen functional groups attached to an aromatic ring is 1. The van der Waals surface area contributed by atoms with Gasteiger partial charge in [-0.1, -0.05) is 0 Å². The molecule has 0 saturated carbocycles. The van der Waals surface area contributed by atoms with Crippen molar-refractivity contribution in [2.45, 2.75) is 6.54 Å². The molecule has 0 saturated heterocycles. The van der Waals surface area contributed by atoms with E-state index in [0.29, 0.717) is 18.1 Å². The predicted molar refractivity (Wildman–Crippen MR) is 64.9 cm³/mol. The Kier molecular flexibility index (Phi) is 3.17. The minimum Gasteiger partial charge on any atom is -0.396 e. The van der Waals surface area contributed by atoms with Gasteiger partial charge in [0.15, 0.2) is 5.69 Å². The molecule has 0 atom stereocenters. The molecule has 5 nitrogen and oxygen atoms in total. The van der Waals surface area contributed by atoms with E-state index in [1.54, 1.807) is 24.5 Å². The molecule has 2 aromatic rings. The number of hydrogen-bond acceptors (Lipinski definition) is 5. The van der Waals surface area contributed by atoms with Crippen molar-refractivity contribution in [2.75, 3.05) is 11.1 Å². The first-order valence-corrected chi connectivity index (χ1v) is 5.09. The average molecular weight is 225 g/mol. The third-order valence-corrected chi connectivity index (χ3v) is 2.26. The molecule has 84 valence electrons. The number of nitrogens with zero attached hydrogens (tertiary/aromatic N) is 3. The van der Waals surface area contributed by atoms with Gasteiger partial charge in [0, 0.05) is 18.9 Å². The maximum absolute atomic E-state index is 8.80. The first kappa shape index (κ1) is 10.9. The van der Waals surface area contributed by atoms with Gasteiger partial charge in [-0.05, 0) is 29.8 Å². The average Bonchev–Trinajstić information content (AvgIpc) is 2.39. The van der Waals surface area contributed by atoms with E-state index in [4.69, 9.17) is 11.0 Å². The van der Waals surface area contributed by atoms with Crippen LogP contribution in [0.3, 0.4) is 0 Å². The monoisotopic (exact) mass is 225 g/mol. The number of nitrogens with one attached hydrogen (secondary N) is 1. The van der Waals surface area contributed by atoms with Crippen molar-refractivity contribution in [3.8, 4) is 6.07 Å². The summed E-state index contributed by atoms with van der Waals surface area (Å²) in [5, 5.41) is 11.9. The van der Waals surface area contributed by atoms with Crippen molar-refractivity contribution in [2.24, 2.45) is 0 Å². The number of aromatic nitrogens is 2. The Hall–Kier alpha value is -2.61. The van der Waals surface area contributed by atoms with Gasteiger partial charge in [0.25, 0.3) is 0 Å². The van der Waals surface area contributed by atoms with E-state index in [2.05, 4.69) is 15.3 Å². The van der Waals surface area contributed by atoms with Crippen LogP contribution in [0.15, 0.2) is 36.7 Å². The summed E-state index contributed by atoms with van der Waals surface area (Å²) in [6.07, 6.45) is 3.46. The largest absolute Gasteiger partial charge is 0.396 e. The number of anilines is 2. The molecule has 2 rings (SSSR count). The number of nitrogens with two attached hydrogens (primary N) is 1. The van der Waals surface area contributed by atoms with Crippen molar-refractivity contribution in [1.29, 1.82) is 5.26 Å². The molecule has 3 N–H and O–H groups in total. The third-order valence-electron chi connectivity index (χ3n) is 2.26. The van der Waals surface area contributed by atoms with Gasteiger partial charge >= 0.3 is 0 Å². The van der Waals surface area contributed by atoms with E-state index in [1.807, 2.05) is 18.2 Å². The zero-order valence-electron chi connectivity index (χ0n) is 9.09. The highest BCUT2D eigenvalue weighted by molar-refractivity contribution is 5.54. The summed E-state index contributed by atoms with van der Waals surface area (Å²) in [7, 11) is 0. The molecule has 0 aliphatic heterocycles. The summed E-state index contributed by atoms with van der Waals surface area (Å²) in [4.78, 5) is 8.03. The van der Waals surface area contributed by atoms with Gasteiger partial charge in [0.2, 0.25) is 0 Å². The van der Waals surface area contributed by atoms with Crippen LogP contribution in [-0.2, 0) is 6.54 Å². The van der Waals surface area contributed by atoms with Gasteiger partial charge in [-0.15, -0.1) is 0 Å². The number of rotatable bonds is 3. The molecule has 5 heteroatoms. The molecule has 0 aromatic carbocycles. The van der Waals surface area contributed by atoms with Crippen LogP contribution in [0, 0.1) is 11.3 Å². The lowest BCUT2D eigenvalue weighted by Crippen LogP contribution is -2.03. The summed E-state index contributed by atoms with van der Waals surface area (Å²) in [5.41, 5.74) is 7.31. The lowest BCUT2D eigenvalue weighted by atomic mass is 10.2. The van der Waals surface area contributed by atoms with Crippen LogP contribution in [0.5, 0.6) is 0 Å². The first-order chi connectivity index (χ1) is 8.29. The van der Waals surface area contributed by atoms with E-state index < -0.39 is 0 Å². The summed E-state index contributed by atoms with van der Waals surface area (Å²) < 4.78 is 0. The molecule has 2 heterocycles. The van der Waals surface area contributed by atoms with Crippen molar-refractivity contribution in [1.82, 2.24) is 9.97 Å². The van der Waals surface area contributed by atoms with Crippen molar-refractivity contribution in [3.05, 3.63) is 47.9 Å². The molecule has 0 unspecified atom stereocenters. The standard InChI is InChI=1S/C12H11N5/c13-7-11-10(14)1-2-12(17-11)16-8-9-3-5-15-6-4-9/h1-6H,8,14H2,(H,16,17). The van der Waals surface area contributed by atoms with Crippen LogP contribution in [-0.4, -0.2) is 9.97 Å². The Morgan fingerprint density at radius 1 is 1.24 bits per heavy atom. The zero-order valence-corrected chi connectivity index (χ0v) is 9.09. The number of pyridine rings is 2. The summed E-state index contributed by atoms with van der Waals surface area (Å²) >= 11 is 0. The lowest BCUT2D eigenvalue weighted by molar-refractivity contribution is 1.09. The van der Waals surface area contributed by atoms with E-state index in [1.165, 1.54) is 0 Å². The molecule has 0 radical (unpaired) electrons. The Balaban J connectivity index is 2.08. The minimum atomic E-state index is 0.240. The molecular weight excluding hydrogens is 214 g/mol. The van der Waals surface area contributed by atoms with E-state index in [9.17, 15) is 0 Å². The fraction of sp³-hybridized carbons (Fsp3) is 0.0833. The highest BCUT2D eigenvalue weighted by Gasteiger charge is 2.01. The molecule has 0 bridgehead atoms. The topological polar surface area (TPSA) is 87.6 Å². The van der Waals surface area contributed by atoms with Crippen molar-refractivity contribution >= 4 is 11.5 Å². The van der Waals surface area contributed by atoms with Crippen LogP contribution in [0.2, 0.25) is 0 Å². The predicted octanol–water partition coefficient (Wildman–Crippen LogP) is 1.54. The van der Waals surface area contributed by atoms with Crippen molar-refractivity contribution in [3.63, 3.8) is 0 Å². The van der Waals surface area contributed by atoms with E-state index in [0.717, 1.165) is 5.56 Å². The van der Waals surface area contributed by atoms with E-state index >= 15 is 0 Å². The molecule has 17 heavy (non-hydrogen) atoms. The van der Waals surface area contributed by atoms with Crippen LogP contribution >= 0.6 is 0 Å². The summed E-state index contributed by atoms with van der Waals surface area (Å²) in [6.45, 7) is 0.629. The van der Waals surface area contributed by atoms with Gasteiger partial charge in [0.1, 0.15) is 11.9 Å². The van der Waals surface area contributed by atoms with Crippen LogP contribution < -0.4 is 11.1 Å². The Morgan fingerprint density at radius 2 is 2.00 bits per heavy atom. The Labute approximate surface area is 98.9 Å². The van der Waals surface area contributed by atoms with Gasteiger partial charge in [0.05, 0.1) is 5.69 Å². The van der Waals surface area contributed by atoms with Gasteiger partial charge in [-0.3, -0.25) is 4.98 Å². The second-order valence-corrected chi connectivity index (χ2v) is 3.46. The van der Waals surface area contributed by atoms with Gasteiger partial charge in [-0.25, -0.2) is 4.98 Å². The zero-order chi connectivity index (χ0) is 12.1. The lowest BCUT2D eigenvalue weighted by Gasteiger charge is -2.06. The highest BCUT2D eigenvalue weighted by Crippen LogP contribution is 2.12. The molecule has 0 aliphatic carbocycles. The summed E-state index contributed by atoms with van der Waals surface area (Å²) in [6, 6.07) is 9.19. The maximum Gasteiger partial charge on any atom is 0.165 e. The van der Waals surface area contributed by atoms with Crippen molar-refractivity contribution < 1.29 is 0 Å². The normalized spacial score (nSPS) is 9.59. The molecular formula is C12H11N5. The maximum atomic E-state index is 8.80. The minimum absolute atomic E-state index is 0.240. The number of hydrogen-bond donors (Lipinski definition) is 2. The molecule has 0 fully saturated rings. The molecule has 0 amide bonds. The SMILES string of the molecule is N#Cc1nc(NCc2ccncc2)ccc1N. The van der Waals surface area contributed by atoms with Gasteiger partial charge in [-0.2, -0.15) is 5.26 Å². The molecule has 2 aromatic heterocycles. The second kappa shape index (κ2) is 4.94. The molecule has 0 aliphatic rings. The smallest absolute Gasteiger partial charge is 0.165 e. The Bertz CT molecular complexity index is 545. The Morgan fingerprint density at radius 3 is 2.71 bits per heavy atom. The fourth-order valence-electron chi connectivity index (χ4n) is 1.35. The number of nitriles is 1. The van der Waals surface area contributed by atoms with Gasteiger partial charge < -0.3 is 11.1 Å². The van der Waals surface area contributed by atoms with Crippen LogP contribution in [0.1, 0.15) is 11.3 Å². The van der Waals surface area contributed by atoms with E-state index in [-0.39, 0.29) is 5.69 Å². The van der Waals surface area contributed by atoms with Crippen LogP contribution in [0.4, 0.5) is 11.5 Å². The van der Waals surface area contributed by atoms with Crippen LogP contribution in [0.25, 0.3) is 0 Å². The highest BCUT2D eigenvalue weighted by atomic mass is 15.0.